The molecule has 0 aliphatic heterocycles. The van der Waals surface area contributed by atoms with Gasteiger partial charge in [0, 0.05) is 19.4 Å². The van der Waals surface area contributed by atoms with Crippen molar-refractivity contribution < 1.29 is 9.47 Å². The van der Waals surface area contributed by atoms with Gasteiger partial charge in [-0.15, -0.1) is 0 Å². The molecular weight excluding hydrogens is 154 g/mol. The van der Waals surface area contributed by atoms with E-state index in [0.29, 0.717) is 5.88 Å². The fourth-order valence-corrected chi connectivity index (χ4v) is 0.825. The minimum absolute atomic E-state index is 0.248. The van der Waals surface area contributed by atoms with Crippen LogP contribution in [0.2, 0.25) is 0 Å². The van der Waals surface area contributed by atoms with Gasteiger partial charge in [-0.2, -0.15) is 0 Å². The second-order valence-electron chi connectivity index (χ2n) is 2.41. The first-order valence-electron chi connectivity index (χ1n) is 3.93. The van der Waals surface area contributed by atoms with Crippen LogP contribution in [0.15, 0.2) is 18.3 Å². The minimum Gasteiger partial charge on any atom is -0.451 e. The van der Waals surface area contributed by atoms with Crippen LogP contribution in [0.25, 0.3) is 0 Å². The van der Waals surface area contributed by atoms with Crippen LogP contribution < -0.4 is 4.74 Å². The largest absolute Gasteiger partial charge is 0.451 e. The Labute approximate surface area is 72.3 Å². The summed E-state index contributed by atoms with van der Waals surface area (Å²) in [5, 5.41) is 0. The highest BCUT2D eigenvalue weighted by Gasteiger charge is 1.93. The summed E-state index contributed by atoms with van der Waals surface area (Å²) < 4.78 is 9.86. The molecule has 0 bridgehead atoms. The molecule has 1 heterocycles. The van der Waals surface area contributed by atoms with Crippen LogP contribution in [0.3, 0.4) is 0 Å². The van der Waals surface area contributed by atoms with Gasteiger partial charge < -0.3 is 9.47 Å². The maximum Gasteiger partial charge on any atom is 0.215 e. The van der Waals surface area contributed by atoms with Crippen molar-refractivity contribution in [2.24, 2.45) is 0 Å². The van der Waals surface area contributed by atoms with Gasteiger partial charge in [-0.05, 0) is 12.0 Å². The van der Waals surface area contributed by atoms with E-state index in [2.05, 4.69) is 11.9 Å². The van der Waals surface area contributed by atoms with Gasteiger partial charge >= 0.3 is 0 Å². The number of ether oxygens (including phenoxy) is 2. The molecule has 0 fully saturated rings. The van der Waals surface area contributed by atoms with Crippen molar-refractivity contribution in [3.05, 3.63) is 23.9 Å². The Morgan fingerprint density at radius 1 is 1.42 bits per heavy atom. The van der Waals surface area contributed by atoms with Crippen molar-refractivity contribution >= 4 is 0 Å². The minimum atomic E-state index is 0.248. The van der Waals surface area contributed by atoms with Gasteiger partial charge in [0.2, 0.25) is 5.88 Å². The number of aryl methyl sites for hydroxylation is 1. The summed E-state index contributed by atoms with van der Waals surface area (Å²) in [5.41, 5.74) is 1.21. The molecule has 66 valence electrons. The van der Waals surface area contributed by atoms with Crippen molar-refractivity contribution in [2.75, 3.05) is 13.9 Å². The summed E-state index contributed by atoms with van der Waals surface area (Å²) >= 11 is 0. The molecule has 0 spiro atoms. The van der Waals surface area contributed by atoms with E-state index >= 15 is 0 Å². The predicted octanol–water partition coefficient (Wildman–Crippen LogP) is 1.63. The summed E-state index contributed by atoms with van der Waals surface area (Å²) in [6.45, 7) is 2.34. The smallest absolute Gasteiger partial charge is 0.215 e. The molecule has 0 aliphatic carbocycles. The molecule has 0 atom stereocenters. The Hall–Kier alpha value is -1.09. The van der Waals surface area contributed by atoms with Crippen LogP contribution in [0.1, 0.15) is 12.5 Å². The lowest BCUT2D eigenvalue weighted by Crippen LogP contribution is -2.00. The Kier molecular flexibility index (Phi) is 3.54. The highest BCUT2D eigenvalue weighted by molar-refractivity contribution is 5.17. The average molecular weight is 167 g/mol. The molecule has 0 N–H and O–H groups in total. The molecule has 12 heavy (non-hydrogen) atoms. The van der Waals surface area contributed by atoms with Crippen molar-refractivity contribution in [1.29, 1.82) is 0 Å². The Morgan fingerprint density at radius 2 is 2.25 bits per heavy atom. The first-order valence-corrected chi connectivity index (χ1v) is 3.93. The van der Waals surface area contributed by atoms with E-state index in [0.717, 1.165) is 6.42 Å². The lowest BCUT2D eigenvalue weighted by atomic mass is 10.2. The van der Waals surface area contributed by atoms with Crippen molar-refractivity contribution in [1.82, 2.24) is 4.98 Å². The third-order valence-corrected chi connectivity index (χ3v) is 1.53. The molecule has 0 saturated carbocycles. The van der Waals surface area contributed by atoms with Crippen molar-refractivity contribution in [3.8, 4) is 5.88 Å². The average Bonchev–Trinajstić information content (AvgIpc) is 2.15. The first-order chi connectivity index (χ1) is 5.86. The third kappa shape index (κ3) is 2.51. The lowest BCUT2D eigenvalue weighted by molar-refractivity contribution is 0.0478. The molecule has 1 rings (SSSR count). The highest BCUT2D eigenvalue weighted by Crippen LogP contribution is 2.07. The van der Waals surface area contributed by atoms with Crippen molar-refractivity contribution in [2.45, 2.75) is 13.3 Å². The van der Waals surface area contributed by atoms with Crippen LogP contribution in [-0.2, 0) is 11.2 Å². The second-order valence-corrected chi connectivity index (χ2v) is 2.41. The van der Waals surface area contributed by atoms with E-state index in [9.17, 15) is 0 Å². The number of pyridine rings is 1. The molecule has 3 nitrogen and oxygen atoms in total. The fraction of sp³-hybridized carbons (Fsp3) is 0.444. The molecule has 3 heteroatoms. The summed E-state index contributed by atoms with van der Waals surface area (Å²) in [4.78, 5) is 4.08. The van der Waals surface area contributed by atoms with Crippen LogP contribution in [0.4, 0.5) is 0 Å². The highest BCUT2D eigenvalue weighted by atomic mass is 16.7. The molecule has 1 aromatic rings. The summed E-state index contributed by atoms with van der Waals surface area (Å²) in [6, 6.07) is 3.84. The van der Waals surface area contributed by atoms with Gasteiger partial charge in [0.15, 0.2) is 6.79 Å². The topological polar surface area (TPSA) is 31.4 Å². The van der Waals surface area contributed by atoms with Crippen LogP contribution in [0, 0.1) is 0 Å². The van der Waals surface area contributed by atoms with Gasteiger partial charge in [0.05, 0.1) is 0 Å². The zero-order valence-electron chi connectivity index (χ0n) is 7.41. The summed E-state index contributed by atoms with van der Waals surface area (Å²) in [7, 11) is 1.58. The zero-order chi connectivity index (χ0) is 8.81. The third-order valence-electron chi connectivity index (χ3n) is 1.53. The summed E-state index contributed by atoms with van der Waals surface area (Å²) in [5.74, 6) is 0.606. The maximum absolute atomic E-state index is 5.12. The Bertz CT molecular complexity index is 220. The molecule has 1 aromatic heterocycles. The molecular formula is C9H13NO2. The SMILES string of the molecule is CCc1ccc(OCOC)nc1. The van der Waals surface area contributed by atoms with Crippen LogP contribution in [-0.4, -0.2) is 18.9 Å². The molecule has 0 aliphatic rings. The van der Waals surface area contributed by atoms with Gasteiger partial charge in [-0.1, -0.05) is 13.0 Å². The number of rotatable bonds is 4. The van der Waals surface area contributed by atoms with E-state index < -0.39 is 0 Å². The van der Waals surface area contributed by atoms with Gasteiger partial charge in [-0.25, -0.2) is 4.98 Å². The molecule has 0 unspecified atom stereocenters. The molecule has 0 aromatic carbocycles. The molecule has 0 amide bonds. The van der Waals surface area contributed by atoms with Crippen LogP contribution in [0.5, 0.6) is 5.88 Å². The lowest BCUT2D eigenvalue weighted by Gasteiger charge is -2.03. The van der Waals surface area contributed by atoms with Gasteiger partial charge in [0.1, 0.15) is 0 Å². The Balaban J connectivity index is 2.53. The second kappa shape index (κ2) is 4.72. The van der Waals surface area contributed by atoms with E-state index in [1.54, 1.807) is 7.11 Å². The quantitative estimate of drug-likeness (QED) is 0.638. The summed E-state index contributed by atoms with van der Waals surface area (Å²) in [6.07, 6.45) is 2.81. The van der Waals surface area contributed by atoms with Crippen LogP contribution >= 0.6 is 0 Å². The van der Waals surface area contributed by atoms with E-state index in [1.165, 1.54) is 5.56 Å². The first kappa shape index (κ1) is 9.00. The molecule has 0 radical (unpaired) electrons. The zero-order valence-corrected chi connectivity index (χ0v) is 7.41. The predicted molar refractivity (Wildman–Crippen MR) is 46.1 cm³/mol. The monoisotopic (exact) mass is 167 g/mol. The van der Waals surface area contributed by atoms with Crippen molar-refractivity contribution in [3.63, 3.8) is 0 Å². The standard InChI is InChI=1S/C9H13NO2/c1-3-8-4-5-9(10-6-8)12-7-11-2/h4-6H,3,7H2,1-2H3. The van der Waals surface area contributed by atoms with E-state index in [4.69, 9.17) is 9.47 Å². The molecule has 0 saturated heterocycles. The number of nitrogens with zero attached hydrogens (tertiary/aromatic N) is 1. The van der Waals surface area contributed by atoms with Gasteiger partial charge in [0.25, 0.3) is 0 Å². The fourth-order valence-electron chi connectivity index (χ4n) is 0.825. The van der Waals surface area contributed by atoms with E-state index in [1.807, 2.05) is 18.3 Å². The van der Waals surface area contributed by atoms with Gasteiger partial charge in [-0.3, -0.25) is 0 Å². The van der Waals surface area contributed by atoms with E-state index in [-0.39, 0.29) is 6.79 Å². The number of hydrogen-bond donors (Lipinski definition) is 0. The number of hydrogen-bond acceptors (Lipinski definition) is 3. The Morgan fingerprint density at radius 3 is 2.75 bits per heavy atom. The number of methoxy groups -OCH3 is 1. The number of aromatic nitrogens is 1. The maximum atomic E-state index is 5.12. The normalized spacial score (nSPS) is 9.83.